The van der Waals surface area contributed by atoms with E-state index in [1.165, 1.54) is 26.0 Å². The summed E-state index contributed by atoms with van der Waals surface area (Å²) in [5.41, 5.74) is 3.56. The van der Waals surface area contributed by atoms with Crippen molar-refractivity contribution in [3.63, 3.8) is 0 Å². The van der Waals surface area contributed by atoms with E-state index in [0.717, 1.165) is 11.1 Å². The first-order chi connectivity index (χ1) is 29.1. The molecule has 0 saturated heterocycles. The number of hydrogen-bond acceptors (Lipinski definition) is 10. The van der Waals surface area contributed by atoms with Gasteiger partial charge in [0, 0.05) is 38.8 Å². The highest BCUT2D eigenvalue weighted by molar-refractivity contribution is 6.00. The van der Waals surface area contributed by atoms with Crippen molar-refractivity contribution >= 4 is 35.6 Å². The van der Waals surface area contributed by atoms with Crippen molar-refractivity contribution in [2.24, 2.45) is 0 Å². The van der Waals surface area contributed by atoms with Gasteiger partial charge in [-0.2, -0.15) is 0 Å². The standard InChI is InChI=1S/C47H52N4O10/c1-31(2)45(56)60-27-23-50-43(54)35-11-7-9-33(29-35)41(52)48-21-25-58-39-17-13-37(14-18-39)47(5,6)38-15-19-40(20-16-38)59-26-22-49-42(53)34-10-8-12-36(30-34)44(55)51-24-28-61-46(57)32(3)4/h7-20,29-30H,1,3,21-28H2,2,4-6H3,(H,48,52)(H,49,53)(H,50,54)(H,51,55). The van der Waals surface area contributed by atoms with E-state index in [-0.39, 0.29) is 81.0 Å². The highest BCUT2D eigenvalue weighted by Crippen LogP contribution is 2.33. The zero-order chi connectivity index (χ0) is 44.4. The Morgan fingerprint density at radius 3 is 1.07 bits per heavy atom. The van der Waals surface area contributed by atoms with Crippen molar-refractivity contribution in [2.75, 3.05) is 52.6 Å². The fourth-order valence-corrected chi connectivity index (χ4v) is 5.64. The van der Waals surface area contributed by atoms with Gasteiger partial charge in [0.15, 0.2) is 0 Å². The lowest BCUT2D eigenvalue weighted by Crippen LogP contribution is -2.30. The number of rotatable bonds is 22. The molecular weight excluding hydrogens is 781 g/mol. The lowest BCUT2D eigenvalue weighted by atomic mass is 9.78. The van der Waals surface area contributed by atoms with Crippen LogP contribution in [0.3, 0.4) is 0 Å². The molecule has 0 aliphatic rings. The molecule has 0 bridgehead atoms. The number of hydrogen-bond donors (Lipinski definition) is 4. The first kappa shape index (κ1) is 46.5. The smallest absolute Gasteiger partial charge is 0.333 e. The number of esters is 2. The van der Waals surface area contributed by atoms with Gasteiger partial charge in [0.05, 0.1) is 26.2 Å². The van der Waals surface area contributed by atoms with Crippen molar-refractivity contribution in [3.8, 4) is 11.5 Å². The van der Waals surface area contributed by atoms with Crippen LogP contribution in [-0.2, 0) is 24.5 Å². The van der Waals surface area contributed by atoms with Gasteiger partial charge in [-0.15, -0.1) is 0 Å². The summed E-state index contributed by atoms with van der Waals surface area (Å²) >= 11 is 0. The van der Waals surface area contributed by atoms with Crippen LogP contribution in [0.2, 0.25) is 0 Å². The van der Waals surface area contributed by atoms with Crippen molar-refractivity contribution in [2.45, 2.75) is 33.1 Å². The van der Waals surface area contributed by atoms with E-state index in [9.17, 15) is 28.8 Å². The maximum absolute atomic E-state index is 12.8. The molecular formula is C47H52N4O10. The lowest BCUT2D eigenvalue weighted by molar-refractivity contribution is -0.139. The van der Waals surface area contributed by atoms with Crippen molar-refractivity contribution in [3.05, 3.63) is 155 Å². The molecule has 4 aromatic carbocycles. The minimum Gasteiger partial charge on any atom is -0.492 e. The predicted molar refractivity (Wildman–Crippen MR) is 230 cm³/mol. The quantitative estimate of drug-likeness (QED) is 0.0458. The largest absolute Gasteiger partial charge is 0.492 e. The SMILES string of the molecule is C=C(C)C(=O)OCCNC(=O)c1cccc(C(=O)NCCOc2ccc(C(C)(C)c3ccc(OCCNC(=O)c4cccc(C(=O)NCCOC(=O)C(=C)C)c4)cc3)cc2)c1. The predicted octanol–water partition coefficient (Wildman–Crippen LogP) is 5.33. The van der Waals surface area contributed by atoms with Crippen LogP contribution >= 0.6 is 0 Å². The number of ether oxygens (including phenoxy) is 4. The highest BCUT2D eigenvalue weighted by atomic mass is 16.5. The van der Waals surface area contributed by atoms with Crippen LogP contribution in [0, 0.1) is 0 Å². The van der Waals surface area contributed by atoms with Crippen LogP contribution in [0.25, 0.3) is 0 Å². The first-order valence-electron chi connectivity index (χ1n) is 19.6. The Bertz CT molecular complexity index is 2060. The molecule has 0 unspecified atom stereocenters. The van der Waals surface area contributed by atoms with Crippen molar-refractivity contribution < 1.29 is 47.7 Å². The molecule has 4 rings (SSSR count). The Hall–Kier alpha value is -7.22. The zero-order valence-corrected chi connectivity index (χ0v) is 34.9. The molecule has 0 fully saturated rings. The Morgan fingerprint density at radius 2 is 0.770 bits per heavy atom. The molecule has 61 heavy (non-hydrogen) atoms. The fraction of sp³-hybridized carbons (Fsp3) is 0.277. The monoisotopic (exact) mass is 832 g/mol. The minimum atomic E-state index is -0.531. The molecule has 0 aliphatic carbocycles. The Labute approximate surface area is 355 Å². The summed E-state index contributed by atoms with van der Waals surface area (Å²) in [6.07, 6.45) is 0. The van der Waals surface area contributed by atoms with E-state index in [2.05, 4.69) is 48.3 Å². The molecule has 0 spiro atoms. The van der Waals surface area contributed by atoms with Crippen LogP contribution in [-0.4, -0.2) is 88.2 Å². The maximum Gasteiger partial charge on any atom is 0.333 e. The Morgan fingerprint density at radius 1 is 0.475 bits per heavy atom. The Kier molecular flexibility index (Phi) is 17.4. The second kappa shape index (κ2) is 22.8. The molecule has 0 atom stereocenters. The Balaban J connectivity index is 1.16. The normalized spacial score (nSPS) is 10.7. The molecule has 4 aromatic rings. The van der Waals surface area contributed by atoms with Gasteiger partial charge in [0.25, 0.3) is 23.6 Å². The average Bonchev–Trinajstić information content (AvgIpc) is 3.26. The summed E-state index contributed by atoms with van der Waals surface area (Å²) in [5.74, 6) is -1.27. The third kappa shape index (κ3) is 14.5. The molecule has 0 aliphatic heterocycles. The summed E-state index contributed by atoms with van der Waals surface area (Å²) in [5, 5.41) is 10.9. The number of nitrogens with one attached hydrogen (secondary N) is 4. The van der Waals surface area contributed by atoms with Gasteiger partial charge < -0.3 is 40.2 Å². The molecule has 0 saturated carbocycles. The molecule has 0 radical (unpaired) electrons. The van der Waals surface area contributed by atoms with Gasteiger partial charge in [-0.3, -0.25) is 19.2 Å². The van der Waals surface area contributed by atoms with E-state index in [1.807, 2.05) is 48.5 Å². The molecule has 14 heteroatoms. The zero-order valence-electron chi connectivity index (χ0n) is 34.9. The van der Waals surface area contributed by atoms with Gasteiger partial charge in [0.2, 0.25) is 0 Å². The van der Waals surface area contributed by atoms with Gasteiger partial charge >= 0.3 is 11.9 Å². The number of carbonyl (C=O) groups excluding carboxylic acids is 6. The average molecular weight is 833 g/mol. The summed E-state index contributed by atoms with van der Waals surface area (Å²) < 4.78 is 21.7. The van der Waals surface area contributed by atoms with E-state index in [0.29, 0.717) is 33.8 Å². The van der Waals surface area contributed by atoms with Gasteiger partial charge in [0.1, 0.15) is 37.9 Å². The summed E-state index contributed by atoms with van der Waals surface area (Å²) in [7, 11) is 0. The summed E-state index contributed by atoms with van der Waals surface area (Å²) in [4.78, 5) is 73.5. The molecule has 4 amide bonds. The van der Waals surface area contributed by atoms with Gasteiger partial charge in [-0.1, -0.05) is 63.4 Å². The summed E-state index contributed by atoms with van der Waals surface area (Å²) in [6, 6.07) is 28.1. The third-order valence-corrected chi connectivity index (χ3v) is 9.18. The van der Waals surface area contributed by atoms with Crippen molar-refractivity contribution in [1.82, 2.24) is 21.3 Å². The van der Waals surface area contributed by atoms with Crippen LogP contribution in [0.15, 0.2) is 121 Å². The molecule has 320 valence electrons. The number of benzene rings is 4. The van der Waals surface area contributed by atoms with E-state index in [1.54, 1.807) is 36.4 Å². The van der Waals surface area contributed by atoms with Crippen LogP contribution < -0.4 is 30.7 Å². The van der Waals surface area contributed by atoms with E-state index >= 15 is 0 Å². The molecule has 4 N–H and O–H groups in total. The van der Waals surface area contributed by atoms with Crippen molar-refractivity contribution in [1.29, 1.82) is 0 Å². The topological polar surface area (TPSA) is 187 Å². The molecule has 0 heterocycles. The van der Waals surface area contributed by atoms with Gasteiger partial charge in [-0.25, -0.2) is 9.59 Å². The number of amides is 4. The van der Waals surface area contributed by atoms with E-state index < -0.39 is 23.8 Å². The minimum absolute atomic E-state index is 0.00259. The maximum atomic E-state index is 12.8. The highest BCUT2D eigenvalue weighted by Gasteiger charge is 2.23. The van der Waals surface area contributed by atoms with Crippen LogP contribution in [0.1, 0.15) is 80.3 Å². The second-order valence-corrected chi connectivity index (χ2v) is 14.4. The summed E-state index contributed by atoms with van der Waals surface area (Å²) in [6.45, 7) is 15.5. The lowest BCUT2D eigenvalue weighted by Gasteiger charge is -2.26. The third-order valence-electron chi connectivity index (χ3n) is 9.18. The van der Waals surface area contributed by atoms with Crippen LogP contribution in [0.5, 0.6) is 11.5 Å². The molecule has 14 nitrogen and oxygen atoms in total. The van der Waals surface area contributed by atoms with Crippen LogP contribution in [0.4, 0.5) is 0 Å². The molecule has 0 aromatic heterocycles. The van der Waals surface area contributed by atoms with E-state index in [4.69, 9.17) is 18.9 Å². The van der Waals surface area contributed by atoms with Gasteiger partial charge in [-0.05, 0) is 85.6 Å². The number of carbonyl (C=O) groups is 6. The first-order valence-corrected chi connectivity index (χ1v) is 19.6. The fourth-order valence-electron chi connectivity index (χ4n) is 5.64. The second-order valence-electron chi connectivity index (χ2n) is 14.4.